The molecule has 1 heterocycles. The van der Waals surface area contributed by atoms with Gasteiger partial charge in [-0.1, -0.05) is 84.9 Å². The van der Waals surface area contributed by atoms with Crippen molar-refractivity contribution in [3.8, 4) is 0 Å². The monoisotopic (exact) mass is 536 g/mol. The van der Waals surface area contributed by atoms with Crippen molar-refractivity contribution < 1.29 is 4.74 Å². The summed E-state index contributed by atoms with van der Waals surface area (Å²) < 4.78 is 7.68. The van der Waals surface area contributed by atoms with Crippen molar-refractivity contribution in [2.45, 2.75) is 6.10 Å². The lowest BCUT2D eigenvalue weighted by Crippen LogP contribution is -2.47. The van der Waals surface area contributed by atoms with Crippen LogP contribution >= 0.6 is 22.6 Å². The molecule has 1 aliphatic rings. The number of rotatable bonds is 9. The molecule has 1 saturated heterocycles. The highest BCUT2D eigenvalue weighted by atomic mass is 125. The Labute approximate surface area is 205 Å². The maximum atomic E-state index is 6.40. The van der Waals surface area contributed by atoms with Crippen LogP contribution in [0, 0.1) is 3.57 Å². The number of hydrogen-bond donors (Lipinski definition) is 0. The summed E-state index contributed by atoms with van der Waals surface area (Å²) in [5.41, 5.74) is 3.70. The second kappa shape index (κ2) is 12.3. The molecule has 0 spiro atoms. The standard InChI is InChI=1S/C28H31IN2O/c29-27-15-7-9-24(23-27)10-8-16-30-17-19-31(20-18-30)21-22-32-28(25-11-3-1-4-12-25)26-13-5-2-6-14-26/h1-15,23,28H,16-22H2/b10-8+/i29-2. The van der Waals surface area contributed by atoms with Gasteiger partial charge >= 0.3 is 0 Å². The van der Waals surface area contributed by atoms with Crippen molar-refractivity contribution >= 4 is 28.7 Å². The van der Waals surface area contributed by atoms with Crippen molar-refractivity contribution in [2.24, 2.45) is 0 Å². The van der Waals surface area contributed by atoms with E-state index in [0.717, 1.165) is 45.9 Å². The topological polar surface area (TPSA) is 15.7 Å². The molecule has 32 heavy (non-hydrogen) atoms. The van der Waals surface area contributed by atoms with Crippen LogP contribution in [0.15, 0.2) is 91.0 Å². The molecule has 0 aliphatic carbocycles. The minimum absolute atomic E-state index is 0.00938. The first-order valence-corrected chi connectivity index (χ1v) is 12.4. The molecule has 4 rings (SSSR count). The Bertz CT molecular complexity index is 929. The second-order valence-corrected chi connectivity index (χ2v) is 9.42. The van der Waals surface area contributed by atoms with Gasteiger partial charge in [0.15, 0.2) is 0 Å². The molecule has 3 aromatic rings. The maximum Gasteiger partial charge on any atom is 0.108 e. The van der Waals surface area contributed by atoms with E-state index in [1.165, 1.54) is 20.3 Å². The Balaban J connectivity index is 1.22. The van der Waals surface area contributed by atoms with Crippen LogP contribution in [0.4, 0.5) is 0 Å². The number of nitrogens with zero attached hydrogens (tertiary/aromatic N) is 2. The molecule has 1 fully saturated rings. The lowest BCUT2D eigenvalue weighted by Gasteiger charge is -2.34. The molecule has 0 radical (unpaired) electrons. The van der Waals surface area contributed by atoms with Gasteiger partial charge in [0, 0.05) is 42.8 Å². The zero-order chi connectivity index (χ0) is 22.0. The molecular weight excluding hydrogens is 505 g/mol. The molecular formula is C28H31IN2O. The van der Waals surface area contributed by atoms with Gasteiger partial charge in [0.2, 0.25) is 0 Å². The summed E-state index contributed by atoms with van der Waals surface area (Å²) in [6, 6.07) is 29.7. The first kappa shape index (κ1) is 23.2. The van der Waals surface area contributed by atoms with E-state index in [4.69, 9.17) is 4.74 Å². The van der Waals surface area contributed by atoms with Crippen LogP contribution in [-0.4, -0.2) is 55.7 Å². The number of hydrogen-bond acceptors (Lipinski definition) is 3. The Morgan fingerprint density at radius 3 is 2.03 bits per heavy atom. The highest BCUT2D eigenvalue weighted by Gasteiger charge is 2.18. The molecule has 166 valence electrons. The van der Waals surface area contributed by atoms with Gasteiger partial charge in [-0.05, 0) is 51.4 Å². The average molecular weight is 536 g/mol. The average Bonchev–Trinajstić information content (AvgIpc) is 2.84. The smallest absolute Gasteiger partial charge is 0.108 e. The molecule has 0 aromatic heterocycles. The summed E-state index contributed by atoms with van der Waals surface area (Å²) >= 11 is 2.36. The fourth-order valence-corrected chi connectivity index (χ4v) is 4.65. The zero-order valence-corrected chi connectivity index (χ0v) is 20.6. The Morgan fingerprint density at radius 2 is 1.41 bits per heavy atom. The van der Waals surface area contributed by atoms with Gasteiger partial charge in [0.25, 0.3) is 0 Å². The number of benzene rings is 3. The molecule has 0 saturated carbocycles. The molecule has 3 aromatic carbocycles. The minimum Gasteiger partial charge on any atom is -0.367 e. The predicted molar refractivity (Wildman–Crippen MR) is 142 cm³/mol. The van der Waals surface area contributed by atoms with E-state index in [1.807, 2.05) is 0 Å². The third-order valence-electron chi connectivity index (χ3n) is 5.88. The molecule has 0 bridgehead atoms. The quantitative estimate of drug-likeness (QED) is 0.325. The molecule has 0 N–H and O–H groups in total. The van der Waals surface area contributed by atoms with Crippen molar-refractivity contribution in [1.82, 2.24) is 9.80 Å². The Hall–Kier alpha value is -1.99. The number of halogens is 1. The van der Waals surface area contributed by atoms with Crippen molar-refractivity contribution in [3.63, 3.8) is 0 Å². The normalized spacial score (nSPS) is 15.6. The summed E-state index contributed by atoms with van der Waals surface area (Å²) in [5.74, 6) is 0. The van der Waals surface area contributed by atoms with Crippen LogP contribution < -0.4 is 0 Å². The summed E-state index contributed by atoms with van der Waals surface area (Å²) in [6.45, 7) is 7.14. The van der Waals surface area contributed by atoms with Crippen LogP contribution in [0.5, 0.6) is 0 Å². The molecule has 1 aliphatic heterocycles. The van der Waals surface area contributed by atoms with Gasteiger partial charge in [0.1, 0.15) is 6.10 Å². The third-order valence-corrected chi connectivity index (χ3v) is 6.56. The van der Waals surface area contributed by atoms with E-state index in [2.05, 4.69) is 129 Å². The van der Waals surface area contributed by atoms with E-state index < -0.39 is 0 Å². The van der Waals surface area contributed by atoms with Crippen molar-refractivity contribution in [1.29, 1.82) is 0 Å². The van der Waals surface area contributed by atoms with Gasteiger partial charge < -0.3 is 4.74 Å². The third kappa shape index (κ3) is 7.01. The molecule has 0 atom stereocenters. The first-order chi connectivity index (χ1) is 15.8. The Morgan fingerprint density at radius 1 is 0.781 bits per heavy atom. The largest absolute Gasteiger partial charge is 0.367 e. The second-order valence-electron chi connectivity index (χ2n) is 8.17. The van der Waals surface area contributed by atoms with Crippen LogP contribution in [0.25, 0.3) is 6.08 Å². The highest BCUT2D eigenvalue weighted by Crippen LogP contribution is 2.25. The summed E-state index contributed by atoms with van der Waals surface area (Å²) in [6.07, 6.45) is 4.51. The van der Waals surface area contributed by atoms with Gasteiger partial charge in [0.05, 0.1) is 6.61 Å². The first-order valence-electron chi connectivity index (χ1n) is 11.4. The van der Waals surface area contributed by atoms with E-state index in [1.54, 1.807) is 0 Å². The van der Waals surface area contributed by atoms with Crippen LogP contribution in [0.2, 0.25) is 0 Å². The van der Waals surface area contributed by atoms with E-state index in [9.17, 15) is 0 Å². The van der Waals surface area contributed by atoms with E-state index in [-0.39, 0.29) is 6.10 Å². The summed E-state index contributed by atoms with van der Waals surface area (Å²) in [7, 11) is 0. The fourth-order valence-electron chi connectivity index (χ4n) is 4.08. The van der Waals surface area contributed by atoms with Gasteiger partial charge in [-0.3, -0.25) is 9.80 Å². The van der Waals surface area contributed by atoms with Gasteiger partial charge in [-0.2, -0.15) is 0 Å². The maximum absolute atomic E-state index is 6.40. The van der Waals surface area contributed by atoms with E-state index >= 15 is 0 Å². The van der Waals surface area contributed by atoms with Gasteiger partial charge in [-0.15, -0.1) is 0 Å². The molecule has 4 heteroatoms. The van der Waals surface area contributed by atoms with Crippen LogP contribution in [-0.2, 0) is 4.74 Å². The SMILES string of the molecule is [125I]c1cccc(/C=C/CN2CCN(CCOC(c3ccccc3)c3ccccc3)CC2)c1. The minimum atomic E-state index is -0.00938. The lowest BCUT2D eigenvalue weighted by atomic mass is 10.0. The van der Waals surface area contributed by atoms with Crippen LogP contribution in [0.1, 0.15) is 22.8 Å². The Kier molecular flexibility index (Phi) is 8.91. The zero-order valence-electron chi connectivity index (χ0n) is 18.4. The fraction of sp³-hybridized carbons (Fsp3) is 0.286. The number of ether oxygens (including phenoxy) is 1. The lowest BCUT2D eigenvalue weighted by molar-refractivity contribution is 0.0468. The summed E-state index contributed by atoms with van der Waals surface area (Å²) in [5, 5.41) is 0. The molecule has 0 amide bonds. The van der Waals surface area contributed by atoms with Crippen molar-refractivity contribution in [3.05, 3.63) is 111 Å². The highest BCUT2D eigenvalue weighted by molar-refractivity contribution is 14.1. The van der Waals surface area contributed by atoms with Crippen LogP contribution in [0.3, 0.4) is 0 Å². The predicted octanol–water partition coefficient (Wildman–Crippen LogP) is 5.73. The summed E-state index contributed by atoms with van der Waals surface area (Å²) in [4.78, 5) is 5.05. The van der Waals surface area contributed by atoms with E-state index in [0.29, 0.717) is 0 Å². The van der Waals surface area contributed by atoms with Gasteiger partial charge in [-0.25, -0.2) is 0 Å². The molecule has 0 unspecified atom stereocenters. The molecule has 3 nitrogen and oxygen atoms in total. The van der Waals surface area contributed by atoms with Crippen molar-refractivity contribution in [2.75, 3.05) is 45.9 Å². The number of piperazine rings is 1.